The Labute approximate surface area is 228 Å². The molecule has 38 heavy (non-hydrogen) atoms. The van der Waals surface area contributed by atoms with Gasteiger partial charge in [0.2, 0.25) is 0 Å². The van der Waals surface area contributed by atoms with E-state index in [1.165, 1.54) is 57.8 Å². The van der Waals surface area contributed by atoms with E-state index >= 15 is 8.78 Å². The summed E-state index contributed by atoms with van der Waals surface area (Å²) in [6, 6.07) is 21.2. The predicted octanol–water partition coefficient (Wildman–Crippen LogP) is 11.6. The second-order valence-electron chi connectivity index (χ2n) is 10.9. The number of unbranched alkanes of at least 4 members (excludes halogenated alkanes) is 6. The molecule has 1 atom stereocenters. The van der Waals surface area contributed by atoms with Crippen LogP contribution in [0, 0.1) is 17.0 Å². The second-order valence-corrected chi connectivity index (χ2v) is 10.9. The average molecular weight is 513 g/mol. The summed E-state index contributed by atoms with van der Waals surface area (Å²) in [7, 11) is 0. The quantitative estimate of drug-likeness (QED) is 0.200. The molecule has 0 nitrogen and oxygen atoms in total. The summed E-state index contributed by atoms with van der Waals surface area (Å²) in [6.07, 6.45) is 19.9. The van der Waals surface area contributed by atoms with E-state index in [0.29, 0.717) is 16.7 Å². The fraction of sp³-hybridized carbons (Fsp3) is 0.389. The molecule has 0 aliphatic heterocycles. The van der Waals surface area contributed by atoms with Crippen molar-refractivity contribution in [3.8, 4) is 22.3 Å². The van der Waals surface area contributed by atoms with Crippen LogP contribution in [0.4, 0.5) is 8.78 Å². The van der Waals surface area contributed by atoms with Crippen LogP contribution in [-0.4, -0.2) is 0 Å². The zero-order valence-electron chi connectivity index (χ0n) is 23.1. The van der Waals surface area contributed by atoms with E-state index in [1.54, 1.807) is 12.1 Å². The molecule has 0 saturated heterocycles. The van der Waals surface area contributed by atoms with Gasteiger partial charge in [0, 0.05) is 11.1 Å². The summed E-state index contributed by atoms with van der Waals surface area (Å²) in [6.45, 7) is 4.49. The zero-order chi connectivity index (χ0) is 26.8. The lowest BCUT2D eigenvalue weighted by Gasteiger charge is -2.33. The zero-order valence-corrected chi connectivity index (χ0v) is 23.1. The Bertz CT molecular complexity index is 1220. The SMILES string of the molecule is CCCCCCCCC1(CCCC)C=CC(c2ccc(-c3ccc(-c4ccccc4)cc3)c(F)c2F)=CC1. The van der Waals surface area contributed by atoms with E-state index in [9.17, 15) is 0 Å². The number of rotatable bonds is 13. The highest BCUT2D eigenvalue weighted by atomic mass is 19.2. The molecule has 1 aliphatic carbocycles. The normalized spacial score (nSPS) is 17.0. The van der Waals surface area contributed by atoms with Gasteiger partial charge in [-0.2, -0.15) is 0 Å². The molecule has 1 unspecified atom stereocenters. The van der Waals surface area contributed by atoms with Crippen molar-refractivity contribution in [2.24, 2.45) is 5.41 Å². The largest absolute Gasteiger partial charge is 0.203 e. The Hall–Kier alpha value is -3.00. The lowest BCUT2D eigenvalue weighted by molar-refractivity contribution is 0.300. The van der Waals surface area contributed by atoms with Crippen molar-refractivity contribution in [3.05, 3.63) is 102 Å². The number of hydrogen-bond donors (Lipinski definition) is 0. The summed E-state index contributed by atoms with van der Waals surface area (Å²) < 4.78 is 30.7. The van der Waals surface area contributed by atoms with Gasteiger partial charge in [-0.1, -0.05) is 150 Å². The van der Waals surface area contributed by atoms with Gasteiger partial charge in [0.25, 0.3) is 0 Å². The van der Waals surface area contributed by atoms with Gasteiger partial charge in [-0.15, -0.1) is 0 Å². The summed E-state index contributed by atoms with van der Waals surface area (Å²) in [4.78, 5) is 0. The van der Waals surface area contributed by atoms with Crippen molar-refractivity contribution in [3.63, 3.8) is 0 Å². The van der Waals surface area contributed by atoms with E-state index in [4.69, 9.17) is 0 Å². The van der Waals surface area contributed by atoms with Gasteiger partial charge in [-0.25, -0.2) is 8.78 Å². The van der Waals surface area contributed by atoms with Crippen molar-refractivity contribution < 1.29 is 8.78 Å². The highest BCUT2D eigenvalue weighted by molar-refractivity contribution is 5.78. The van der Waals surface area contributed by atoms with Crippen molar-refractivity contribution >= 4 is 5.57 Å². The van der Waals surface area contributed by atoms with E-state index in [-0.39, 0.29) is 5.41 Å². The smallest absolute Gasteiger partial charge is 0.167 e. The third-order valence-electron chi connectivity index (χ3n) is 8.10. The number of allylic oxidation sites excluding steroid dienone is 4. The standard InChI is InChI=1S/C36H42F2/c1-3-5-7-8-9-13-25-36(24-6-4-2)26-22-31(23-27-36)33-21-20-32(34(37)35(33)38)30-18-16-29(17-19-30)28-14-11-10-12-15-28/h10-12,14-23,26H,3-9,13,24-25,27H2,1-2H3. The Kier molecular flexibility index (Phi) is 10.1. The van der Waals surface area contributed by atoms with Crippen LogP contribution in [0.2, 0.25) is 0 Å². The van der Waals surface area contributed by atoms with E-state index in [1.807, 2.05) is 60.7 Å². The first-order chi connectivity index (χ1) is 18.6. The molecule has 0 radical (unpaired) electrons. The van der Waals surface area contributed by atoms with Gasteiger partial charge >= 0.3 is 0 Å². The number of halogens is 2. The summed E-state index contributed by atoms with van der Waals surface area (Å²) >= 11 is 0. The fourth-order valence-electron chi connectivity index (χ4n) is 5.67. The van der Waals surface area contributed by atoms with Crippen molar-refractivity contribution in [1.29, 1.82) is 0 Å². The third kappa shape index (κ3) is 6.90. The molecular formula is C36H42F2. The number of hydrogen-bond acceptors (Lipinski definition) is 0. The average Bonchev–Trinajstić information content (AvgIpc) is 2.96. The minimum absolute atomic E-state index is 0.153. The highest BCUT2D eigenvalue weighted by Crippen LogP contribution is 2.42. The Balaban J connectivity index is 1.47. The molecule has 0 fully saturated rings. The molecular weight excluding hydrogens is 470 g/mol. The van der Waals surface area contributed by atoms with Gasteiger partial charge < -0.3 is 0 Å². The van der Waals surface area contributed by atoms with E-state index in [2.05, 4.69) is 26.0 Å². The van der Waals surface area contributed by atoms with Gasteiger partial charge in [0.1, 0.15) is 0 Å². The van der Waals surface area contributed by atoms with E-state index in [0.717, 1.165) is 29.5 Å². The van der Waals surface area contributed by atoms with Crippen LogP contribution < -0.4 is 0 Å². The van der Waals surface area contributed by atoms with Crippen LogP contribution in [0.15, 0.2) is 85.0 Å². The van der Waals surface area contributed by atoms with Gasteiger partial charge in [0.15, 0.2) is 11.6 Å². The first-order valence-corrected chi connectivity index (χ1v) is 14.6. The van der Waals surface area contributed by atoms with Crippen LogP contribution in [0.3, 0.4) is 0 Å². The summed E-state index contributed by atoms with van der Waals surface area (Å²) in [5, 5.41) is 0. The van der Waals surface area contributed by atoms with Crippen molar-refractivity contribution in [2.75, 3.05) is 0 Å². The first kappa shape index (κ1) is 28.0. The second kappa shape index (κ2) is 13.7. The van der Waals surface area contributed by atoms with Crippen molar-refractivity contribution in [2.45, 2.75) is 84.5 Å². The summed E-state index contributed by atoms with van der Waals surface area (Å²) in [5.41, 5.74) is 4.43. The molecule has 0 amide bonds. The first-order valence-electron chi connectivity index (χ1n) is 14.6. The molecule has 0 N–H and O–H groups in total. The van der Waals surface area contributed by atoms with E-state index < -0.39 is 11.6 Å². The molecule has 0 bridgehead atoms. The van der Waals surface area contributed by atoms with Gasteiger partial charge in [-0.05, 0) is 46.9 Å². The van der Waals surface area contributed by atoms with Crippen LogP contribution in [0.25, 0.3) is 27.8 Å². The topological polar surface area (TPSA) is 0 Å². The molecule has 3 aromatic rings. The molecule has 3 aromatic carbocycles. The molecule has 0 heterocycles. The molecule has 0 aromatic heterocycles. The Morgan fingerprint density at radius 1 is 0.605 bits per heavy atom. The maximum atomic E-state index is 15.4. The molecule has 0 saturated carbocycles. The van der Waals surface area contributed by atoms with Crippen LogP contribution in [0.1, 0.15) is 90.0 Å². The highest BCUT2D eigenvalue weighted by Gasteiger charge is 2.28. The lowest BCUT2D eigenvalue weighted by Crippen LogP contribution is -2.19. The molecule has 0 spiro atoms. The Morgan fingerprint density at radius 3 is 1.87 bits per heavy atom. The van der Waals surface area contributed by atoms with Gasteiger partial charge in [0.05, 0.1) is 0 Å². The molecule has 2 heteroatoms. The predicted molar refractivity (Wildman–Crippen MR) is 159 cm³/mol. The molecule has 4 rings (SSSR count). The Morgan fingerprint density at radius 2 is 1.18 bits per heavy atom. The fourth-order valence-corrected chi connectivity index (χ4v) is 5.67. The van der Waals surface area contributed by atoms with Gasteiger partial charge in [-0.3, -0.25) is 0 Å². The molecule has 200 valence electrons. The maximum absolute atomic E-state index is 15.4. The number of benzene rings is 3. The minimum Gasteiger partial charge on any atom is -0.203 e. The van der Waals surface area contributed by atoms with Crippen LogP contribution >= 0.6 is 0 Å². The lowest BCUT2D eigenvalue weighted by atomic mass is 9.72. The summed E-state index contributed by atoms with van der Waals surface area (Å²) in [5.74, 6) is -1.54. The van der Waals surface area contributed by atoms with Crippen LogP contribution in [-0.2, 0) is 0 Å². The van der Waals surface area contributed by atoms with Crippen molar-refractivity contribution in [1.82, 2.24) is 0 Å². The molecule has 1 aliphatic rings. The minimum atomic E-state index is -0.779. The monoisotopic (exact) mass is 512 g/mol. The van der Waals surface area contributed by atoms with Crippen LogP contribution in [0.5, 0.6) is 0 Å². The maximum Gasteiger partial charge on any atom is 0.167 e. The third-order valence-corrected chi connectivity index (χ3v) is 8.10.